The number of amides is 1. The van der Waals surface area contributed by atoms with Crippen LogP contribution in [-0.4, -0.2) is 5.91 Å². The van der Waals surface area contributed by atoms with Crippen LogP contribution in [0.3, 0.4) is 0 Å². The molecule has 0 spiro atoms. The molecule has 2 aromatic rings. The van der Waals surface area contributed by atoms with Crippen molar-refractivity contribution in [1.82, 2.24) is 0 Å². The van der Waals surface area contributed by atoms with Gasteiger partial charge in [0.15, 0.2) is 0 Å². The first-order chi connectivity index (χ1) is 12.0. The Kier molecular flexibility index (Phi) is 7.24. The van der Waals surface area contributed by atoms with E-state index in [0.717, 1.165) is 29.3 Å². The van der Waals surface area contributed by atoms with Crippen LogP contribution in [-0.2, 0) is 11.2 Å². The summed E-state index contributed by atoms with van der Waals surface area (Å²) in [6.45, 7) is 2.15. The van der Waals surface area contributed by atoms with Gasteiger partial charge in [-0.3, -0.25) is 4.79 Å². The van der Waals surface area contributed by atoms with Gasteiger partial charge in [0.1, 0.15) is 11.6 Å². The summed E-state index contributed by atoms with van der Waals surface area (Å²) in [5, 5.41) is 12.7. The average Bonchev–Trinajstić information content (AvgIpc) is 2.61. The molecule has 1 N–H and O–H groups in total. The van der Waals surface area contributed by atoms with Gasteiger partial charge >= 0.3 is 0 Å². The van der Waals surface area contributed by atoms with Gasteiger partial charge in [-0.2, -0.15) is 5.26 Å². The van der Waals surface area contributed by atoms with Crippen molar-refractivity contribution in [3.05, 3.63) is 68.7 Å². The molecule has 1 amide bonds. The van der Waals surface area contributed by atoms with E-state index in [0.29, 0.717) is 10.7 Å². The van der Waals surface area contributed by atoms with Crippen molar-refractivity contribution in [3.8, 4) is 6.07 Å². The molecule has 0 aliphatic heterocycles. The molecule has 128 valence electrons. The van der Waals surface area contributed by atoms with Crippen LogP contribution < -0.4 is 5.32 Å². The van der Waals surface area contributed by atoms with Gasteiger partial charge in [-0.15, -0.1) is 0 Å². The van der Waals surface area contributed by atoms with Crippen LogP contribution in [0, 0.1) is 11.3 Å². The highest BCUT2D eigenvalue weighted by atomic mass is 79.9. The van der Waals surface area contributed by atoms with Gasteiger partial charge < -0.3 is 5.32 Å². The van der Waals surface area contributed by atoms with Crippen molar-refractivity contribution in [1.29, 1.82) is 5.26 Å². The van der Waals surface area contributed by atoms with E-state index < -0.39 is 5.91 Å². The summed E-state index contributed by atoms with van der Waals surface area (Å²) in [5.41, 5.74) is 2.63. The van der Waals surface area contributed by atoms with Crippen LogP contribution in [0.2, 0.25) is 5.02 Å². The summed E-state index contributed by atoms with van der Waals surface area (Å²) in [7, 11) is 0. The standard InChI is InChI=1S/C20H18BrClN2O/c1-2-3-4-14-7-10-19(18(21)12-14)24-20(25)16(13-23)11-15-5-8-17(22)9-6-15/h5-12H,2-4H2,1H3,(H,24,25)/b16-11+. The summed E-state index contributed by atoms with van der Waals surface area (Å²) in [6, 6.07) is 14.7. The summed E-state index contributed by atoms with van der Waals surface area (Å²) in [4.78, 5) is 12.4. The van der Waals surface area contributed by atoms with Crippen LogP contribution in [0.5, 0.6) is 0 Å². The lowest BCUT2D eigenvalue weighted by Gasteiger charge is -2.09. The van der Waals surface area contributed by atoms with Crippen LogP contribution in [0.4, 0.5) is 5.69 Å². The lowest BCUT2D eigenvalue weighted by atomic mass is 10.1. The number of hydrogen-bond donors (Lipinski definition) is 1. The van der Waals surface area contributed by atoms with E-state index in [-0.39, 0.29) is 5.57 Å². The summed E-state index contributed by atoms with van der Waals surface area (Å²) >= 11 is 9.33. The Labute approximate surface area is 161 Å². The highest BCUT2D eigenvalue weighted by Gasteiger charge is 2.11. The maximum Gasteiger partial charge on any atom is 0.266 e. The molecule has 0 unspecified atom stereocenters. The fourth-order valence-electron chi connectivity index (χ4n) is 2.26. The number of rotatable bonds is 6. The molecule has 0 aliphatic rings. The largest absolute Gasteiger partial charge is 0.320 e. The SMILES string of the molecule is CCCCc1ccc(NC(=O)/C(C#N)=C/c2ccc(Cl)cc2)c(Br)c1. The number of anilines is 1. The molecule has 0 aromatic heterocycles. The Morgan fingerprint density at radius 2 is 2.00 bits per heavy atom. The molecular weight excluding hydrogens is 400 g/mol. The minimum Gasteiger partial charge on any atom is -0.320 e. The third kappa shape index (κ3) is 5.74. The molecule has 3 nitrogen and oxygen atoms in total. The lowest BCUT2D eigenvalue weighted by molar-refractivity contribution is -0.112. The number of halogens is 2. The maximum absolute atomic E-state index is 12.4. The zero-order valence-electron chi connectivity index (χ0n) is 13.9. The van der Waals surface area contributed by atoms with E-state index >= 15 is 0 Å². The second-order valence-corrected chi connectivity index (χ2v) is 6.88. The number of carbonyl (C=O) groups is 1. The topological polar surface area (TPSA) is 52.9 Å². The van der Waals surface area contributed by atoms with Crippen LogP contribution in [0.25, 0.3) is 6.08 Å². The molecule has 0 radical (unpaired) electrons. The minimum atomic E-state index is -0.445. The Morgan fingerprint density at radius 1 is 1.28 bits per heavy atom. The smallest absolute Gasteiger partial charge is 0.266 e. The first kappa shape index (κ1) is 19.2. The summed E-state index contributed by atoms with van der Waals surface area (Å²) < 4.78 is 0.804. The predicted octanol–water partition coefficient (Wildman–Crippen LogP) is 5.99. The van der Waals surface area contributed by atoms with Gasteiger partial charge in [-0.05, 0) is 70.2 Å². The Bertz CT molecular complexity index is 823. The molecule has 2 rings (SSSR count). The molecule has 0 saturated carbocycles. The molecule has 0 fully saturated rings. The number of carbonyl (C=O) groups excluding carboxylic acids is 1. The fourth-order valence-corrected chi connectivity index (χ4v) is 2.91. The number of unbranched alkanes of at least 4 members (excludes halogenated alkanes) is 1. The van der Waals surface area contributed by atoms with Crippen molar-refractivity contribution in [2.45, 2.75) is 26.2 Å². The third-order valence-corrected chi connectivity index (χ3v) is 4.55. The average molecular weight is 418 g/mol. The number of nitriles is 1. The molecule has 0 aliphatic carbocycles. The zero-order valence-corrected chi connectivity index (χ0v) is 16.2. The number of benzene rings is 2. The normalized spacial score (nSPS) is 11.0. The van der Waals surface area contributed by atoms with Crippen molar-refractivity contribution in [2.75, 3.05) is 5.32 Å². The van der Waals surface area contributed by atoms with E-state index in [1.807, 2.05) is 24.3 Å². The second-order valence-electron chi connectivity index (χ2n) is 5.59. The van der Waals surface area contributed by atoms with Crippen molar-refractivity contribution >= 4 is 45.2 Å². The van der Waals surface area contributed by atoms with E-state index in [2.05, 4.69) is 28.2 Å². The molecule has 0 heterocycles. The first-order valence-electron chi connectivity index (χ1n) is 8.00. The van der Waals surface area contributed by atoms with E-state index in [1.165, 1.54) is 11.6 Å². The van der Waals surface area contributed by atoms with Crippen molar-refractivity contribution < 1.29 is 4.79 Å². The Balaban J connectivity index is 2.14. The highest BCUT2D eigenvalue weighted by molar-refractivity contribution is 9.10. The third-order valence-electron chi connectivity index (χ3n) is 3.65. The second kappa shape index (κ2) is 9.41. The van der Waals surface area contributed by atoms with Crippen LogP contribution >= 0.6 is 27.5 Å². The van der Waals surface area contributed by atoms with Crippen molar-refractivity contribution in [3.63, 3.8) is 0 Å². The molecule has 0 atom stereocenters. The number of hydrogen-bond acceptors (Lipinski definition) is 2. The van der Waals surface area contributed by atoms with Gasteiger partial charge in [0.05, 0.1) is 5.69 Å². The molecule has 0 bridgehead atoms. The monoisotopic (exact) mass is 416 g/mol. The highest BCUT2D eigenvalue weighted by Crippen LogP contribution is 2.25. The molecule has 25 heavy (non-hydrogen) atoms. The Hall–Kier alpha value is -2.09. The molecule has 2 aromatic carbocycles. The maximum atomic E-state index is 12.4. The molecular formula is C20H18BrClN2O. The fraction of sp³-hybridized carbons (Fsp3) is 0.200. The molecule has 5 heteroatoms. The van der Waals surface area contributed by atoms with Crippen LogP contribution in [0.15, 0.2) is 52.5 Å². The Morgan fingerprint density at radius 3 is 2.60 bits per heavy atom. The first-order valence-corrected chi connectivity index (χ1v) is 9.17. The van der Waals surface area contributed by atoms with Gasteiger partial charge in [0.2, 0.25) is 0 Å². The van der Waals surface area contributed by atoms with Gasteiger partial charge in [-0.25, -0.2) is 0 Å². The van der Waals surface area contributed by atoms with E-state index in [1.54, 1.807) is 24.3 Å². The summed E-state index contributed by atoms with van der Waals surface area (Å²) in [5.74, 6) is -0.445. The van der Waals surface area contributed by atoms with Crippen molar-refractivity contribution in [2.24, 2.45) is 0 Å². The number of nitrogens with zero attached hydrogens (tertiary/aromatic N) is 1. The minimum absolute atomic E-state index is 0.0317. The quantitative estimate of drug-likeness (QED) is 0.463. The van der Waals surface area contributed by atoms with E-state index in [4.69, 9.17) is 11.6 Å². The lowest BCUT2D eigenvalue weighted by Crippen LogP contribution is -2.14. The van der Waals surface area contributed by atoms with E-state index in [9.17, 15) is 10.1 Å². The van der Waals surface area contributed by atoms with Gasteiger partial charge in [0.25, 0.3) is 5.91 Å². The number of aryl methyl sites for hydroxylation is 1. The summed E-state index contributed by atoms with van der Waals surface area (Å²) in [6.07, 6.45) is 4.80. The molecule has 0 saturated heterocycles. The zero-order chi connectivity index (χ0) is 18.2. The van der Waals surface area contributed by atoms with Crippen LogP contribution in [0.1, 0.15) is 30.9 Å². The van der Waals surface area contributed by atoms with Gasteiger partial charge in [-0.1, -0.05) is 43.1 Å². The van der Waals surface area contributed by atoms with Gasteiger partial charge in [0, 0.05) is 9.50 Å². The predicted molar refractivity (Wildman–Crippen MR) is 106 cm³/mol. The number of nitrogens with one attached hydrogen (secondary N) is 1.